The Morgan fingerprint density at radius 2 is 1.91 bits per heavy atom. The van der Waals surface area contributed by atoms with E-state index in [0.29, 0.717) is 56.6 Å². The Kier molecular flexibility index (Phi) is 6.19. The van der Waals surface area contributed by atoms with Crippen molar-refractivity contribution in [2.75, 3.05) is 44.3 Å². The number of alkyl halides is 3. The van der Waals surface area contributed by atoms with E-state index >= 15 is 0 Å². The molecule has 0 aliphatic carbocycles. The number of aryl methyl sites for hydroxylation is 2. The second-order valence-corrected chi connectivity index (χ2v) is 9.04. The minimum Gasteiger partial charge on any atom is -0.378 e. The van der Waals surface area contributed by atoms with Crippen LogP contribution in [0.4, 0.5) is 19.0 Å². The molecule has 9 nitrogen and oxygen atoms in total. The number of rotatable bonds is 5. The van der Waals surface area contributed by atoms with Crippen molar-refractivity contribution >= 4 is 17.0 Å². The molecule has 3 aromatic heterocycles. The van der Waals surface area contributed by atoms with E-state index < -0.39 is 12.7 Å². The van der Waals surface area contributed by atoms with Crippen molar-refractivity contribution in [2.45, 2.75) is 51.9 Å². The summed E-state index contributed by atoms with van der Waals surface area (Å²) < 4.78 is 51.5. The number of fused-ring (bicyclic) bond motifs is 1. The third-order valence-corrected chi connectivity index (χ3v) is 6.56. The van der Waals surface area contributed by atoms with E-state index in [-0.39, 0.29) is 11.6 Å². The molecule has 0 amide bonds. The van der Waals surface area contributed by atoms with Gasteiger partial charge < -0.3 is 18.7 Å². The first kappa shape index (κ1) is 23.0. The minimum atomic E-state index is -4.37. The molecule has 184 valence electrons. The predicted octanol–water partition coefficient (Wildman–Crippen LogP) is 3.21. The van der Waals surface area contributed by atoms with Crippen molar-refractivity contribution in [1.82, 2.24) is 29.6 Å². The number of anilines is 1. The smallest absolute Gasteiger partial charge is 0.378 e. The van der Waals surface area contributed by atoms with Crippen LogP contribution in [0.1, 0.15) is 41.6 Å². The maximum atomic E-state index is 13.2. The van der Waals surface area contributed by atoms with E-state index in [4.69, 9.17) is 14.2 Å². The van der Waals surface area contributed by atoms with Crippen molar-refractivity contribution in [3.63, 3.8) is 0 Å². The zero-order valence-electron chi connectivity index (χ0n) is 19.3. The van der Waals surface area contributed by atoms with Crippen LogP contribution in [0, 0.1) is 13.8 Å². The standard InChI is InChI=1S/C22H28F3N7O2/c1-14-17(15(2)34-29-14)11-30-5-3-4-16(10-30)19-27-20(31-6-8-33-9-7-31)18-21(28-19)32(13-26-18)12-22(23,24)25/h13,16H,3-12H2,1-2H3. The average Bonchev–Trinajstić information content (AvgIpc) is 3.36. The molecule has 2 aliphatic rings. The SMILES string of the molecule is Cc1noc(C)c1CN1CCCC(c2nc(N3CCOCC3)c3ncn(CC(F)(F)F)c3n2)C1. The molecular formula is C22H28F3N7O2. The molecule has 1 atom stereocenters. The van der Waals surface area contributed by atoms with E-state index in [1.54, 1.807) is 0 Å². The second kappa shape index (κ2) is 9.14. The number of piperidine rings is 1. The zero-order chi connectivity index (χ0) is 23.9. The van der Waals surface area contributed by atoms with Crippen LogP contribution < -0.4 is 4.90 Å². The van der Waals surface area contributed by atoms with Gasteiger partial charge in [-0.1, -0.05) is 5.16 Å². The lowest BCUT2D eigenvalue weighted by molar-refractivity contribution is -0.140. The molecule has 0 spiro atoms. The Morgan fingerprint density at radius 3 is 2.62 bits per heavy atom. The largest absolute Gasteiger partial charge is 0.406 e. The average molecular weight is 480 g/mol. The van der Waals surface area contributed by atoms with E-state index in [1.807, 2.05) is 18.7 Å². The van der Waals surface area contributed by atoms with Crippen molar-refractivity contribution in [1.29, 1.82) is 0 Å². The van der Waals surface area contributed by atoms with E-state index in [1.165, 1.54) is 6.33 Å². The molecule has 5 heterocycles. The van der Waals surface area contributed by atoms with Gasteiger partial charge in [0.1, 0.15) is 18.1 Å². The zero-order valence-corrected chi connectivity index (χ0v) is 19.3. The van der Waals surface area contributed by atoms with Crippen molar-refractivity contribution in [3.8, 4) is 0 Å². The van der Waals surface area contributed by atoms with Crippen LogP contribution in [0.2, 0.25) is 0 Å². The maximum Gasteiger partial charge on any atom is 0.406 e. The minimum absolute atomic E-state index is 0.00708. The van der Waals surface area contributed by atoms with Gasteiger partial charge >= 0.3 is 6.18 Å². The van der Waals surface area contributed by atoms with Crippen LogP contribution in [-0.4, -0.2) is 75.1 Å². The lowest BCUT2D eigenvalue weighted by Crippen LogP contribution is -2.38. The third-order valence-electron chi connectivity index (χ3n) is 6.56. The Hall–Kier alpha value is -2.73. The quantitative estimate of drug-likeness (QED) is 0.552. The monoisotopic (exact) mass is 479 g/mol. The highest BCUT2D eigenvalue weighted by atomic mass is 19.4. The van der Waals surface area contributed by atoms with Gasteiger partial charge in [0.15, 0.2) is 17.0 Å². The fourth-order valence-corrected chi connectivity index (χ4v) is 4.79. The van der Waals surface area contributed by atoms with Gasteiger partial charge in [-0.2, -0.15) is 13.2 Å². The molecule has 0 saturated carbocycles. The molecule has 2 fully saturated rings. The highest BCUT2D eigenvalue weighted by Gasteiger charge is 2.32. The van der Waals surface area contributed by atoms with Gasteiger partial charge in [-0.25, -0.2) is 15.0 Å². The molecule has 0 aromatic carbocycles. The molecule has 0 radical (unpaired) electrons. The summed E-state index contributed by atoms with van der Waals surface area (Å²) in [7, 11) is 0. The lowest BCUT2D eigenvalue weighted by atomic mass is 9.96. The number of hydrogen-bond acceptors (Lipinski definition) is 8. The van der Waals surface area contributed by atoms with Crippen LogP contribution in [0.15, 0.2) is 10.9 Å². The van der Waals surface area contributed by atoms with Crippen molar-refractivity contribution in [2.24, 2.45) is 0 Å². The van der Waals surface area contributed by atoms with E-state index in [0.717, 1.165) is 41.0 Å². The van der Waals surface area contributed by atoms with Gasteiger partial charge in [-0.3, -0.25) is 4.90 Å². The number of halogens is 3. The number of morpholine rings is 1. The van der Waals surface area contributed by atoms with Crippen molar-refractivity contribution in [3.05, 3.63) is 29.2 Å². The first-order valence-corrected chi connectivity index (χ1v) is 11.5. The molecule has 2 aliphatic heterocycles. The summed E-state index contributed by atoms with van der Waals surface area (Å²) >= 11 is 0. The van der Waals surface area contributed by atoms with Crippen molar-refractivity contribution < 1.29 is 22.4 Å². The summed E-state index contributed by atoms with van der Waals surface area (Å²) in [5.74, 6) is 1.98. The molecular weight excluding hydrogens is 451 g/mol. The first-order valence-electron chi connectivity index (χ1n) is 11.5. The fraction of sp³-hybridized carbons (Fsp3) is 0.636. The van der Waals surface area contributed by atoms with Gasteiger partial charge in [0, 0.05) is 37.7 Å². The molecule has 5 rings (SSSR count). The first-order chi connectivity index (χ1) is 16.3. The van der Waals surface area contributed by atoms with E-state index in [9.17, 15) is 13.2 Å². The summed E-state index contributed by atoms with van der Waals surface area (Å²) in [4.78, 5) is 18.1. The van der Waals surface area contributed by atoms with Gasteiger partial charge in [-0.15, -0.1) is 0 Å². The van der Waals surface area contributed by atoms with Crippen LogP contribution in [0.5, 0.6) is 0 Å². The Bertz CT molecular complexity index is 1130. The van der Waals surface area contributed by atoms with Crippen LogP contribution in [0.3, 0.4) is 0 Å². The number of likely N-dealkylation sites (tertiary alicyclic amines) is 1. The Balaban J connectivity index is 1.48. The molecule has 34 heavy (non-hydrogen) atoms. The summed E-state index contributed by atoms with van der Waals surface area (Å²) in [6.07, 6.45) is -1.33. The number of imidazole rings is 1. The highest BCUT2D eigenvalue weighted by Crippen LogP contribution is 2.32. The fourth-order valence-electron chi connectivity index (χ4n) is 4.79. The number of ether oxygens (including phenoxy) is 1. The Labute approximate surface area is 194 Å². The number of hydrogen-bond donors (Lipinski definition) is 0. The lowest BCUT2D eigenvalue weighted by Gasteiger charge is -2.33. The third kappa shape index (κ3) is 4.74. The predicted molar refractivity (Wildman–Crippen MR) is 118 cm³/mol. The Morgan fingerprint density at radius 1 is 1.12 bits per heavy atom. The summed E-state index contributed by atoms with van der Waals surface area (Å²) in [5, 5.41) is 4.05. The topological polar surface area (TPSA) is 85.3 Å². The molecule has 0 bridgehead atoms. The second-order valence-electron chi connectivity index (χ2n) is 9.04. The summed E-state index contributed by atoms with van der Waals surface area (Å²) in [6.45, 7) is 7.35. The van der Waals surface area contributed by atoms with Gasteiger partial charge in [0.2, 0.25) is 0 Å². The number of aromatic nitrogens is 5. The van der Waals surface area contributed by atoms with E-state index in [2.05, 4.69) is 20.0 Å². The van der Waals surface area contributed by atoms with Crippen LogP contribution in [-0.2, 0) is 17.8 Å². The normalized spacial score (nSPS) is 20.4. The summed E-state index contributed by atoms with van der Waals surface area (Å²) in [5.41, 5.74) is 2.59. The molecule has 0 N–H and O–H groups in total. The van der Waals surface area contributed by atoms with Gasteiger partial charge in [0.25, 0.3) is 0 Å². The number of nitrogens with zero attached hydrogens (tertiary/aromatic N) is 7. The molecule has 3 aromatic rings. The maximum absolute atomic E-state index is 13.2. The van der Waals surface area contributed by atoms with Crippen LogP contribution in [0.25, 0.3) is 11.2 Å². The summed E-state index contributed by atoms with van der Waals surface area (Å²) in [6, 6.07) is 0. The molecule has 12 heteroatoms. The highest BCUT2D eigenvalue weighted by molar-refractivity contribution is 5.83. The van der Waals surface area contributed by atoms with Crippen LogP contribution >= 0.6 is 0 Å². The van der Waals surface area contributed by atoms with Gasteiger partial charge in [0.05, 0.1) is 25.2 Å². The molecule has 1 unspecified atom stereocenters. The van der Waals surface area contributed by atoms with Gasteiger partial charge in [-0.05, 0) is 33.2 Å². The molecule has 2 saturated heterocycles.